The van der Waals surface area contributed by atoms with E-state index in [1.165, 1.54) is 0 Å². The number of carbonyl (C=O) groups is 1. The number of hydrogen-bond donors (Lipinski definition) is 0. The van der Waals surface area contributed by atoms with Crippen LogP contribution in [0, 0.1) is 30.1 Å². The summed E-state index contributed by atoms with van der Waals surface area (Å²) in [6, 6.07) is 9.27. The quantitative estimate of drug-likeness (QED) is 0.490. The standard InChI is InChI=1S/C25H26Cl2N6O/c1-15-12-31(14-18(15)11-28)24-16(2)13-33-23(29-24)10-21(30-33)22-5-3-4-8-32(22)25(34)17-6-7-19(26)20(27)9-17/h6-7,9-10,13,15,18,22H,3-5,8,12,14H2,1-2H3/t15-,18+,22-/m0/s1. The van der Waals surface area contributed by atoms with Crippen molar-refractivity contribution in [2.75, 3.05) is 24.5 Å². The largest absolute Gasteiger partial charge is 0.355 e. The molecule has 0 bridgehead atoms. The van der Waals surface area contributed by atoms with Crippen molar-refractivity contribution in [3.8, 4) is 6.07 Å². The number of anilines is 1. The van der Waals surface area contributed by atoms with Gasteiger partial charge in [0.25, 0.3) is 5.91 Å². The van der Waals surface area contributed by atoms with Gasteiger partial charge in [-0.05, 0) is 50.3 Å². The number of fused-ring (bicyclic) bond motifs is 1. The van der Waals surface area contributed by atoms with E-state index in [1.807, 2.05) is 24.1 Å². The minimum absolute atomic E-state index is 0.0149. The second-order valence-electron chi connectivity index (χ2n) is 9.38. The maximum atomic E-state index is 13.4. The highest BCUT2D eigenvalue weighted by Gasteiger charge is 2.33. The van der Waals surface area contributed by atoms with Gasteiger partial charge in [0, 0.05) is 43.0 Å². The molecule has 3 aromatic rings. The average molecular weight is 497 g/mol. The molecule has 2 fully saturated rings. The molecule has 2 aliphatic heterocycles. The van der Waals surface area contributed by atoms with E-state index in [2.05, 4.69) is 17.9 Å². The predicted octanol–water partition coefficient (Wildman–Crippen LogP) is 5.31. The molecule has 0 unspecified atom stereocenters. The number of carbonyl (C=O) groups excluding carboxylic acids is 1. The lowest BCUT2D eigenvalue weighted by molar-refractivity contribution is 0.0605. The lowest BCUT2D eigenvalue weighted by atomic mass is 9.98. The Balaban J connectivity index is 1.46. The van der Waals surface area contributed by atoms with Crippen molar-refractivity contribution in [2.24, 2.45) is 11.8 Å². The summed E-state index contributed by atoms with van der Waals surface area (Å²) in [4.78, 5) is 22.4. The number of nitrogens with zero attached hydrogens (tertiary/aromatic N) is 6. The highest BCUT2D eigenvalue weighted by Crippen LogP contribution is 2.34. The van der Waals surface area contributed by atoms with Crippen molar-refractivity contribution in [2.45, 2.75) is 39.2 Å². The van der Waals surface area contributed by atoms with Crippen LogP contribution in [0.25, 0.3) is 5.65 Å². The van der Waals surface area contributed by atoms with E-state index in [-0.39, 0.29) is 17.9 Å². The fraction of sp³-hybridized carbons (Fsp3) is 0.440. The molecule has 2 aliphatic rings. The Hall–Kier alpha value is -2.82. The Morgan fingerprint density at radius 1 is 1.18 bits per heavy atom. The molecule has 0 N–H and O–H groups in total. The van der Waals surface area contributed by atoms with Gasteiger partial charge in [-0.1, -0.05) is 30.1 Å². The topological polar surface area (TPSA) is 77.5 Å². The highest BCUT2D eigenvalue weighted by atomic mass is 35.5. The van der Waals surface area contributed by atoms with E-state index < -0.39 is 0 Å². The number of nitriles is 1. The second-order valence-corrected chi connectivity index (χ2v) is 10.2. The molecule has 0 radical (unpaired) electrons. The van der Waals surface area contributed by atoms with Crippen LogP contribution >= 0.6 is 23.2 Å². The molecular weight excluding hydrogens is 471 g/mol. The summed E-state index contributed by atoms with van der Waals surface area (Å²) in [6.07, 6.45) is 4.81. The summed E-state index contributed by atoms with van der Waals surface area (Å²) in [7, 11) is 0. The van der Waals surface area contributed by atoms with Crippen LogP contribution in [0.15, 0.2) is 30.5 Å². The fourth-order valence-corrected chi connectivity index (χ4v) is 5.39. The molecule has 1 aromatic carbocycles. The van der Waals surface area contributed by atoms with Crippen molar-refractivity contribution in [1.82, 2.24) is 19.5 Å². The third-order valence-electron chi connectivity index (χ3n) is 6.97. The molecule has 3 atom stereocenters. The lowest BCUT2D eigenvalue weighted by Gasteiger charge is -2.34. The molecule has 7 nitrogen and oxygen atoms in total. The van der Waals surface area contributed by atoms with Crippen LogP contribution in [0.5, 0.6) is 0 Å². The fourth-order valence-electron chi connectivity index (χ4n) is 5.09. The molecule has 0 saturated carbocycles. The van der Waals surface area contributed by atoms with Crippen LogP contribution in [0.4, 0.5) is 5.82 Å². The van der Waals surface area contributed by atoms with Crippen LogP contribution in [0.3, 0.4) is 0 Å². The molecule has 0 aliphatic carbocycles. The Morgan fingerprint density at radius 2 is 2.00 bits per heavy atom. The number of hydrogen-bond acceptors (Lipinski definition) is 5. The van der Waals surface area contributed by atoms with E-state index in [9.17, 15) is 10.1 Å². The third kappa shape index (κ3) is 4.10. The molecule has 176 valence electrons. The summed E-state index contributed by atoms with van der Waals surface area (Å²) in [5.74, 6) is 1.15. The zero-order chi connectivity index (χ0) is 24.0. The van der Waals surface area contributed by atoms with Crippen LogP contribution in [0.1, 0.15) is 53.8 Å². The monoisotopic (exact) mass is 496 g/mol. The van der Waals surface area contributed by atoms with Crippen molar-refractivity contribution in [3.63, 3.8) is 0 Å². The molecule has 5 rings (SSSR count). The number of benzene rings is 1. The summed E-state index contributed by atoms with van der Waals surface area (Å²) in [6.45, 7) is 6.31. The summed E-state index contributed by atoms with van der Waals surface area (Å²) < 4.78 is 1.80. The molecule has 2 aromatic heterocycles. The molecule has 1 amide bonds. The van der Waals surface area contributed by atoms with Gasteiger partial charge in [-0.2, -0.15) is 10.4 Å². The Kier molecular flexibility index (Phi) is 6.13. The summed E-state index contributed by atoms with van der Waals surface area (Å²) in [5.41, 5.74) is 3.12. The van der Waals surface area contributed by atoms with Crippen LogP contribution in [0.2, 0.25) is 10.0 Å². The first kappa shape index (κ1) is 22.9. The summed E-state index contributed by atoms with van der Waals surface area (Å²) in [5, 5.41) is 15.0. The van der Waals surface area contributed by atoms with Gasteiger partial charge < -0.3 is 9.80 Å². The van der Waals surface area contributed by atoms with E-state index in [1.54, 1.807) is 22.7 Å². The maximum Gasteiger partial charge on any atom is 0.254 e. The van der Waals surface area contributed by atoms with E-state index >= 15 is 0 Å². The van der Waals surface area contributed by atoms with Gasteiger partial charge >= 0.3 is 0 Å². The Bertz CT molecular complexity index is 1300. The van der Waals surface area contributed by atoms with Gasteiger partial charge in [-0.25, -0.2) is 9.50 Å². The molecule has 34 heavy (non-hydrogen) atoms. The van der Waals surface area contributed by atoms with Gasteiger partial charge in [0.15, 0.2) is 5.65 Å². The molecule has 2 saturated heterocycles. The van der Waals surface area contributed by atoms with Gasteiger partial charge in [-0.3, -0.25) is 4.79 Å². The average Bonchev–Trinajstić information content (AvgIpc) is 3.42. The van der Waals surface area contributed by atoms with Gasteiger partial charge in [-0.15, -0.1) is 0 Å². The molecular formula is C25H26Cl2N6O. The number of halogens is 2. The normalized spacial score (nSPS) is 22.9. The molecule has 0 spiro atoms. The summed E-state index contributed by atoms with van der Waals surface area (Å²) >= 11 is 12.2. The van der Waals surface area contributed by atoms with Crippen LogP contribution in [-0.4, -0.2) is 45.0 Å². The predicted molar refractivity (Wildman–Crippen MR) is 132 cm³/mol. The number of amides is 1. The Morgan fingerprint density at radius 3 is 2.74 bits per heavy atom. The third-order valence-corrected chi connectivity index (χ3v) is 7.71. The van der Waals surface area contributed by atoms with E-state index in [0.717, 1.165) is 48.5 Å². The van der Waals surface area contributed by atoms with E-state index in [4.69, 9.17) is 33.3 Å². The van der Waals surface area contributed by atoms with Crippen LogP contribution in [-0.2, 0) is 0 Å². The first-order valence-electron chi connectivity index (χ1n) is 11.6. The molecule has 9 heteroatoms. The first-order chi connectivity index (χ1) is 16.4. The minimum atomic E-state index is -0.129. The van der Waals surface area contributed by atoms with Crippen LogP contribution < -0.4 is 4.90 Å². The van der Waals surface area contributed by atoms with Crippen molar-refractivity contribution >= 4 is 40.6 Å². The number of likely N-dealkylation sites (tertiary alicyclic amines) is 1. The van der Waals surface area contributed by atoms with E-state index in [0.29, 0.717) is 34.6 Å². The maximum absolute atomic E-state index is 13.4. The van der Waals surface area contributed by atoms with Gasteiger partial charge in [0.05, 0.1) is 33.8 Å². The zero-order valence-corrected chi connectivity index (χ0v) is 20.7. The number of aryl methyl sites for hydroxylation is 1. The number of rotatable bonds is 3. The minimum Gasteiger partial charge on any atom is -0.355 e. The second kappa shape index (κ2) is 9.09. The van der Waals surface area contributed by atoms with Crippen molar-refractivity contribution in [1.29, 1.82) is 5.26 Å². The van der Waals surface area contributed by atoms with Crippen molar-refractivity contribution in [3.05, 3.63) is 57.3 Å². The highest BCUT2D eigenvalue weighted by molar-refractivity contribution is 6.42. The van der Waals surface area contributed by atoms with Crippen molar-refractivity contribution < 1.29 is 4.79 Å². The molecule has 4 heterocycles. The van der Waals surface area contributed by atoms with Gasteiger partial charge in [0.2, 0.25) is 0 Å². The SMILES string of the molecule is Cc1cn2nc([C@@H]3CCCCN3C(=O)c3ccc(Cl)c(Cl)c3)cc2nc1N1C[C@@H](C#N)[C@@H](C)C1. The first-order valence-corrected chi connectivity index (χ1v) is 12.4. The zero-order valence-electron chi connectivity index (χ0n) is 19.2. The lowest BCUT2D eigenvalue weighted by Crippen LogP contribution is -2.38. The number of aromatic nitrogens is 3. The number of piperidine rings is 1. The Labute approximate surface area is 208 Å². The van der Waals surface area contributed by atoms with Gasteiger partial charge in [0.1, 0.15) is 5.82 Å². The smallest absolute Gasteiger partial charge is 0.254 e.